The van der Waals surface area contributed by atoms with E-state index in [-0.39, 0.29) is 31.0 Å². The fourth-order valence-corrected chi connectivity index (χ4v) is 5.03. The number of sulfonamides is 1. The summed E-state index contributed by atoms with van der Waals surface area (Å²) in [6.07, 6.45) is 2.28. The van der Waals surface area contributed by atoms with Gasteiger partial charge in [0.15, 0.2) is 0 Å². The molecule has 0 aliphatic rings. The van der Waals surface area contributed by atoms with Gasteiger partial charge >= 0.3 is 0 Å². The summed E-state index contributed by atoms with van der Waals surface area (Å²) >= 11 is 0. The maximum absolute atomic E-state index is 13.8. The summed E-state index contributed by atoms with van der Waals surface area (Å²) in [6.45, 7) is 11.5. The molecular formula is C28H41N3O4S. The monoisotopic (exact) mass is 515 g/mol. The first-order valence-corrected chi connectivity index (χ1v) is 14.5. The molecule has 0 saturated carbocycles. The number of hydrogen-bond acceptors (Lipinski definition) is 4. The van der Waals surface area contributed by atoms with Gasteiger partial charge in [-0.05, 0) is 49.8 Å². The van der Waals surface area contributed by atoms with E-state index in [1.54, 1.807) is 12.1 Å². The van der Waals surface area contributed by atoms with Crippen molar-refractivity contribution in [3.05, 3.63) is 65.2 Å². The van der Waals surface area contributed by atoms with E-state index in [4.69, 9.17) is 0 Å². The first kappa shape index (κ1) is 29.4. The van der Waals surface area contributed by atoms with Crippen LogP contribution in [0.1, 0.15) is 70.1 Å². The van der Waals surface area contributed by atoms with Gasteiger partial charge < -0.3 is 10.2 Å². The molecule has 2 aromatic carbocycles. The third kappa shape index (κ3) is 7.82. The van der Waals surface area contributed by atoms with Crippen LogP contribution in [0.15, 0.2) is 48.5 Å². The first-order valence-electron chi connectivity index (χ1n) is 12.6. The standard InChI is InChI=1S/C28H41N3O4S/c1-8-22(6)29-28(33)25(9-2)30(18-23-14-12-13-21(5)17-23)27(32)19-31(36(7,34)35)26-16-11-10-15-24(26)20(3)4/h10-17,20,22,25H,8-9,18-19H2,1-7H3,(H,29,33)/t22-,25+/m1/s1. The molecular weight excluding hydrogens is 474 g/mol. The molecule has 0 heterocycles. The lowest BCUT2D eigenvalue weighted by molar-refractivity contribution is -0.140. The van der Waals surface area contributed by atoms with E-state index in [1.165, 1.54) is 4.90 Å². The zero-order valence-electron chi connectivity index (χ0n) is 22.6. The third-order valence-corrected chi connectivity index (χ3v) is 7.46. The van der Waals surface area contributed by atoms with E-state index in [1.807, 2.05) is 77.9 Å². The zero-order valence-corrected chi connectivity index (χ0v) is 23.4. The molecule has 7 nitrogen and oxygen atoms in total. The number of carbonyl (C=O) groups excluding carboxylic acids is 2. The molecule has 0 aliphatic carbocycles. The molecule has 2 aromatic rings. The van der Waals surface area contributed by atoms with Crippen LogP contribution in [0.4, 0.5) is 5.69 Å². The summed E-state index contributed by atoms with van der Waals surface area (Å²) in [5.41, 5.74) is 3.24. The normalized spacial score (nSPS) is 13.2. The number of benzene rings is 2. The van der Waals surface area contributed by atoms with E-state index >= 15 is 0 Å². The van der Waals surface area contributed by atoms with Gasteiger partial charge in [-0.25, -0.2) is 8.42 Å². The number of amides is 2. The van der Waals surface area contributed by atoms with Gasteiger partial charge in [0.25, 0.3) is 0 Å². The number of anilines is 1. The van der Waals surface area contributed by atoms with E-state index in [2.05, 4.69) is 5.32 Å². The number of nitrogens with one attached hydrogen (secondary N) is 1. The highest BCUT2D eigenvalue weighted by molar-refractivity contribution is 7.92. The Bertz CT molecular complexity index is 1150. The highest BCUT2D eigenvalue weighted by Crippen LogP contribution is 2.29. The summed E-state index contributed by atoms with van der Waals surface area (Å²) in [6, 6.07) is 14.2. The Kier molecular flexibility index (Phi) is 10.5. The molecule has 0 saturated heterocycles. The average Bonchev–Trinajstić information content (AvgIpc) is 2.81. The second-order valence-corrected chi connectivity index (χ2v) is 11.6. The number of aryl methyl sites for hydroxylation is 1. The van der Waals surface area contributed by atoms with Gasteiger partial charge in [0.1, 0.15) is 12.6 Å². The van der Waals surface area contributed by atoms with E-state index in [0.29, 0.717) is 12.1 Å². The molecule has 0 spiro atoms. The molecule has 2 rings (SSSR count). The largest absolute Gasteiger partial charge is 0.352 e. The van der Waals surface area contributed by atoms with Crippen molar-refractivity contribution < 1.29 is 18.0 Å². The quantitative estimate of drug-likeness (QED) is 0.447. The SMILES string of the molecule is CC[C@@H](C)NC(=O)[C@H](CC)N(Cc1cccc(C)c1)C(=O)CN(c1ccccc1C(C)C)S(C)(=O)=O. The minimum absolute atomic E-state index is 0.0343. The van der Waals surface area contributed by atoms with Crippen LogP contribution in [0.2, 0.25) is 0 Å². The maximum atomic E-state index is 13.8. The number of rotatable bonds is 12. The van der Waals surface area contributed by atoms with Crippen molar-refractivity contribution in [1.82, 2.24) is 10.2 Å². The molecule has 0 radical (unpaired) electrons. The molecule has 0 aromatic heterocycles. The molecule has 8 heteroatoms. The summed E-state index contributed by atoms with van der Waals surface area (Å²) in [5.74, 6) is -0.596. The van der Waals surface area contributed by atoms with E-state index in [9.17, 15) is 18.0 Å². The summed E-state index contributed by atoms with van der Waals surface area (Å²) in [5, 5.41) is 2.99. The lowest BCUT2D eigenvalue weighted by Gasteiger charge is -2.34. The van der Waals surface area contributed by atoms with Crippen LogP contribution in [-0.2, 0) is 26.2 Å². The number of para-hydroxylation sites is 1. The molecule has 198 valence electrons. The number of hydrogen-bond donors (Lipinski definition) is 1. The second-order valence-electron chi connectivity index (χ2n) is 9.74. The van der Waals surface area contributed by atoms with Crippen molar-refractivity contribution in [2.24, 2.45) is 0 Å². The second kappa shape index (κ2) is 12.9. The smallest absolute Gasteiger partial charge is 0.244 e. The summed E-state index contributed by atoms with van der Waals surface area (Å²) in [7, 11) is -3.77. The molecule has 1 N–H and O–H groups in total. The summed E-state index contributed by atoms with van der Waals surface area (Å²) in [4.78, 5) is 28.6. The van der Waals surface area contributed by atoms with Crippen LogP contribution in [-0.4, -0.2) is 50.0 Å². The predicted octanol–water partition coefficient (Wildman–Crippen LogP) is 4.61. The molecule has 0 aliphatic heterocycles. The van der Waals surface area contributed by atoms with Gasteiger partial charge in [-0.15, -0.1) is 0 Å². The van der Waals surface area contributed by atoms with Crippen molar-refractivity contribution >= 4 is 27.5 Å². The fraction of sp³-hybridized carbons (Fsp3) is 0.500. The molecule has 36 heavy (non-hydrogen) atoms. The van der Waals surface area contributed by atoms with Crippen LogP contribution in [0.3, 0.4) is 0 Å². The van der Waals surface area contributed by atoms with Gasteiger partial charge in [-0.2, -0.15) is 0 Å². The Hall–Kier alpha value is -2.87. The Labute approximate surface area is 216 Å². The molecule has 2 atom stereocenters. The summed E-state index contributed by atoms with van der Waals surface area (Å²) < 4.78 is 27.0. The van der Waals surface area contributed by atoms with Crippen molar-refractivity contribution in [3.63, 3.8) is 0 Å². The minimum Gasteiger partial charge on any atom is -0.352 e. The Balaban J connectivity index is 2.51. The Morgan fingerprint density at radius 1 is 0.972 bits per heavy atom. The topological polar surface area (TPSA) is 86.8 Å². The van der Waals surface area contributed by atoms with Crippen molar-refractivity contribution in [1.29, 1.82) is 0 Å². The van der Waals surface area contributed by atoms with Crippen LogP contribution in [0.25, 0.3) is 0 Å². The highest BCUT2D eigenvalue weighted by Gasteiger charge is 2.32. The average molecular weight is 516 g/mol. The third-order valence-electron chi connectivity index (χ3n) is 6.33. The molecule has 0 unspecified atom stereocenters. The maximum Gasteiger partial charge on any atom is 0.244 e. The number of nitrogens with zero attached hydrogens (tertiary/aromatic N) is 2. The zero-order chi connectivity index (χ0) is 27.0. The Morgan fingerprint density at radius 2 is 1.64 bits per heavy atom. The van der Waals surface area contributed by atoms with Gasteiger partial charge in [0.05, 0.1) is 11.9 Å². The Morgan fingerprint density at radius 3 is 2.19 bits per heavy atom. The predicted molar refractivity (Wildman–Crippen MR) is 146 cm³/mol. The van der Waals surface area contributed by atoms with Crippen LogP contribution in [0.5, 0.6) is 0 Å². The molecule has 0 bridgehead atoms. The first-order chi connectivity index (χ1) is 16.9. The van der Waals surface area contributed by atoms with Gasteiger partial charge in [-0.3, -0.25) is 13.9 Å². The van der Waals surface area contributed by atoms with Gasteiger partial charge in [0.2, 0.25) is 21.8 Å². The highest BCUT2D eigenvalue weighted by atomic mass is 32.2. The fourth-order valence-electron chi connectivity index (χ4n) is 4.17. The van der Waals surface area contributed by atoms with E-state index < -0.39 is 22.0 Å². The lowest BCUT2D eigenvalue weighted by atomic mass is 10.0. The minimum atomic E-state index is -3.77. The van der Waals surface area contributed by atoms with Gasteiger partial charge in [0, 0.05) is 12.6 Å². The van der Waals surface area contributed by atoms with Crippen molar-refractivity contribution in [2.45, 2.75) is 78.9 Å². The van der Waals surface area contributed by atoms with Gasteiger partial charge in [-0.1, -0.05) is 75.7 Å². The van der Waals surface area contributed by atoms with E-state index in [0.717, 1.165) is 33.7 Å². The lowest BCUT2D eigenvalue weighted by Crippen LogP contribution is -2.53. The molecule has 0 fully saturated rings. The van der Waals surface area contributed by atoms with Crippen LogP contribution >= 0.6 is 0 Å². The van der Waals surface area contributed by atoms with Crippen LogP contribution < -0.4 is 9.62 Å². The molecule has 2 amide bonds. The number of carbonyl (C=O) groups is 2. The van der Waals surface area contributed by atoms with Crippen molar-refractivity contribution in [2.75, 3.05) is 17.1 Å². The van der Waals surface area contributed by atoms with Crippen LogP contribution in [0, 0.1) is 6.92 Å². The van der Waals surface area contributed by atoms with Crippen molar-refractivity contribution in [3.8, 4) is 0 Å².